The Morgan fingerprint density at radius 1 is 1.33 bits per heavy atom. The third-order valence-electron chi connectivity index (χ3n) is 3.57. The van der Waals surface area contributed by atoms with Crippen LogP contribution in [0.3, 0.4) is 0 Å². The van der Waals surface area contributed by atoms with E-state index in [-0.39, 0.29) is 0 Å². The average molecular weight is 207 g/mol. The molecule has 1 aliphatic rings. The predicted octanol–water partition coefficient (Wildman–Crippen LogP) is 3.34. The molecule has 1 aromatic heterocycles. The SMILES string of the molecule is CCC1CCC(NCc2ccco2)CC1. The van der Waals surface area contributed by atoms with Gasteiger partial charge in [-0.1, -0.05) is 13.3 Å². The van der Waals surface area contributed by atoms with Crippen LogP contribution in [0.5, 0.6) is 0 Å². The first kappa shape index (κ1) is 10.7. The Labute approximate surface area is 92.1 Å². The van der Waals surface area contributed by atoms with Crippen LogP contribution in [-0.4, -0.2) is 6.04 Å². The average Bonchev–Trinajstić information content (AvgIpc) is 2.80. The van der Waals surface area contributed by atoms with Crippen molar-refractivity contribution in [3.63, 3.8) is 0 Å². The molecule has 0 radical (unpaired) electrons. The van der Waals surface area contributed by atoms with Gasteiger partial charge in [0.25, 0.3) is 0 Å². The summed E-state index contributed by atoms with van der Waals surface area (Å²) in [6.07, 6.45) is 8.55. The number of hydrogen-bond donors (Lipinski definition) is 1. The monoisotopic (exact) mass is 207 g/mol. The summed E-state index contributed by atoms with van der Waals surface area (Å²) in [5.74, 6) is 2.03. The largest absolute Gasteiger partial charge is 0.468 e. The number of hydrogen-bond acceptors (Lipinski definition) is 2. The smallest absolute Gasteiger partial charge is 0.117 e. The summed E-state index contributed by atoms with van der Waals surface area (Å²) >= 11 is 0. The summed E-state index contributed by atoms with van der Waals surface area (Å²) in [7, 11) is 0. The van der Waals surface area contributed by atoms with Gasteiger partial charge in [-0.3, -0.25) is 0 Å². The van der Waals surface area contributed by atoms with Crippen molar-refractivity contribution < 1.29 is 4.42 Å². The first-order chi connectivity index (χ1) is 7.38. The van der Waals surface area contributed by atoms with E-state index in [1.165, 1.54) is 32.1 Å². The lowest BCUT2D eigenvalue weighted by atomic mass is 9.84. The zero-order valence-electron chi connectivity index (χ0n) is 9.54. The van der Waals surface area contributed by atoms with Gasteiger partial charge in [0.05, 0.1) is 12.8 Å². The van der Waals surface area contributed by atoms with Gasteiger partial charge in [0.1, 0.15) is 5.76 Å². The second kappa shape index (κ2) is 5.36. The maximum absolute atomic E-state index is 5.30. The number of furan rings is 1. The molecule has 0 amide bonds. The molecule has 0 atom stereocenters. The van der Waals surface area contributed by atoms with Gasteiger partial charge in [-0.2, -0.15) is 0 Å². The van der Waals surface area contributed by atoms with Crippen molar-refractivity contribution in [3.05, 3.63) is 24.2 Å². The summed E-state index contributed by atoms with van der Waals surface area (Å²) in [5.41, 5.74) is 0. The number of nitrogens with one attached hydrogen (secondary N) is 1. The van der Waals surface area contributed by atoms with E-state index >= 15 is 0 Å². The van der Waals surface area contributed by atoms with E-state index in [9.17, 15) is 0 Å². The molecule has 0 bridgehead atoms. The summed E-state index contributed by atoms with van der Waals surface area (Å²) in [6, 6.07) is 4.69. The topological polar surface area (TPSA) is 25.2 Å². The molecule has 1 aromatic rings. The van der Waals surface area contributed by atoms with E-state index < -0.39 is 0 Å². The van der Waals surface area contributed by atoms with Crippen molar-refractivity contribution in [3.8, 4) is 0 Å². The molecule has 0 aliphatic heterocycles. The second-order valence-electron chi connectivity index (χ2n) is 4.59. The van der Waals surface area contributed by atoms with Crippen molar-refractivity contribution in [1.82, 2.24) is 5.32 Å². The molecule has 0 aromatic carbocycles. The Bertz CT molecular complexity index is 260. The molecule has 1 saturated carbocycles. The van der Waals surface area contributed by atoms with Crippen molar-refractivity contribution in [2.75, 3.05) is 0 Å². The van der Waals surface area contributed by atoms with Crippen LogP contribution in [0.15, 0.2) is 22.8 Å². The van der Waals surface area contributed by atoms with E-state index in [0.717, 1.165) is 18.2 Å². The fraction of sp³-hybridized carbons (Fsp3) is 0.692. The third-order valence-corrected chi connectivity index (χ3v) is 3.57. The lowest BCUT2D eigenvalue weighted by molar-refractivity contribution is 0.280. The van der Waals surface area contributed by atoms with Crippen LogP contribution in [-0.2, 0) is 6.54 Å². The molecule has 1 aliphatic carbocycles. The van der Waals surface area contributed by atoms with Gasteiger partial charge >= 0.3 is 0 Å². The Hall–Kier alpha value is -0.760. The molecule has 1 fully saturated rings. The van der Waals surface area contributed by atoms with Gasteiger partial charge in [-0.25, -0.2) is 0 Å². The molecule has 2 heteroatoms. The van der Waals surface area contributed by atoms with E-state index in [1.807, 2.05) is 12.1 Å². The number of rotatable bonds is 4. The summed E-state index contributed by atoms with van der Waals surface area (Å²) in [5, 5.41) is 3.57. The minimum Gasteiger partial charge on any atom is -0.468 e. The first-order valence-electron chi connectivity index (χ1n) is 6.14. The summed E-state index contributed by atoms with van der Waals surface area (Å²) in [6.45, 7) is 3.19. The first-order valence-corrected chi connectivity index (χ1v) is 6.14. The van der Waals surface area contributed by atoms with Gasteiger partial charge in [-0.15, -0.1) is 0 Å². The molecule has 84 valence electrons. The molecule has 1 heterocycles. The molecular weight excluding hydrogens is 186 g/mol. The zero-order valence-corrected chi connectivity index (χ0v) is 9.54. The van der Waals surface area contributed by atoms with E-state index in [0.29, 0.717) is 6.04 Å². The van der Waals surface area contributed by atoms with Crippen LogP contribution in [0.2, 0.25) is 0 Å². The Balaban J connectivity index is 1.69. The minimum atomic E-state index is 0.706. The standard InChI is InChI=1S/C13H21NO/c1-2-11-5-7-12(8-6-11)14-10-13-4-3-9-15-13/h3-4,9,11-12,14H,2,5-8,10H2,1H3. The third kappa shape index (κ3) is 3.10. The highest BCUT2D eigenvalue weighted by atomic mass is 16.3. The Kier molecular flexibility index (Phi) is 3.84. The second-order valence-corrected chi connectivity index (χ2v) is 4.59. The van der Waals surface area contributed by atoms with Crippen molar-refractivity contribution in [2.24, 2.45) is 5.92 Å². The van der Waals surface area contributed by atoms with Crippen LogP contribution in [0.25, 0.3) is 0 Å². The van der Waals surface area contributed by atoms with Gasteiger partial charge < -0.3 is 9.73 Å². The van der Waals surface area contributed by atoms with Gasteiger partial charge in [-0.05, 0) is 43.7 Å². The van der Waals surface area contributed by atoms with Crippen molar-refractivity contribution in [2.45, 2.75) is 51.6 Å². The zero-order chi connectivity index (χ0) is 10.5. The maximum Gasteiger partial charge on any atom is 0.117 e. The molecule has 15 heavy (non-hydrogen) atoms. The van der Waals surface area contributed by atoms with E-state index in [4.69, 9.17) is 4.42 Å². The molecule has 1 N–H and O–H groups in total. The molecular formula is C13H21NO. The minimum absolute atomic E-state index is 0.706. The quantitative estimate of drug-likeness (QED) is 0.819. The van der Waals surface area contributed by atoms with E-state index in [1.54, 1.807) is 6.26 Å². The van der Waals surface area contributed by atoms with Gasteiger partial charge in [0.15, 0.2) is 0 Å². The van der Waals surface area contributed by atoms with Gasteiger partial charge in [0.2, 0.25) is 0 Å². The maximum atomic E-state index is 5.30. The molecule has 0 saturated heterocycles. The summed E-state index contributed by atoms with van der Waals surface area (Å²) in [4.78, 5) is 0. The molecule has 2 rings (SSSR count). The lowest BCUT2D eigenvalue weighted by Crippen LogP contribution is -2.32. The van der Waals surface area contributed by atoms with Crippen LogP contribution >= 0.6 is 0 Å². The van der Waals surface area contributed by atoms with Crippen LogP contribution in [0, 0.1) is 5.92 Å². The molecule has 0 unspecified atom stereocenters. The van der Waals surface area contributed by atoms with Crippen molar-refractivity contribution >= 4 is 0 Å². The highest BCUT2D eigenvalue weighted by molar-refractivity contribution is 4.97. The Morgan fingerprint density at radius 2 is 2.13 bits per heavy atom. The van der Waals surface area contributed by atoms with Crippen LogP contribution in [0.1, 0.15) is 44.8 Å². The van der Waals surface area contributed by atoms with Crippen LogP contribution in [0.4, 0.5) is 0 Å². The highest BCUT2D eigenvalue weighted by Crippen LogP contribution is 2.26. The highest BCUT2D eigenvalue weighted by Gasteiger charge is 2.19. The Morgan fingerprint density at radius 3 is 2.73 bits per heavy atom. The summed E-state index contributed by atoms with van der Waals surface area (Å²) < 4.78 is 5.30. The van der Waals surface area contributed by atoms with Gasteiger partial charge in [0, 0.05) is 6.04 Å². The van der Waals surface area contributed by atoms with Crippen molar-refractivity contribution in [1.29, 1.82) is 0 Å². The van der Waals surface area contributed by atoms with Crippen LogP contribution < -0.4 is 5.32 Å². The fourth-order valence-corrected chi connectivity index (χ4v) is 2.43. The molecule has 0 spiro atoms. The fourth-order valence-electron chi connectivity index (χ4n) is 2.43. The predicted molar refractivity (Wildman–Crippen MR) is 61.6 cm³/mol. The van der Waals surface area contributed by atoms with E-state index in [2.05, 4.69) is 12.2 Å². The lowest BCUT2D eigenvalue weighted by Gasteiger charge is -2.28. The molecule has 2 nitrogen and oxygen atoms in total. The normalized spacial score (nSPS) is 26.7.